The predicted molar refractivity (Wildman–Crippen MR) is 36.6 cm³/mol. The van der Waals surface area contributed by atoms with Crippen LogP contribution in [0.2, 0.25) is 0 Å². The Morgan fingerprint density at radius 1 is 1.33 bits per heavy atom. The Kier molecular flexibility index (Phi) is 5.19. The summed E-state index contributed by atoms with van der Waals surface area (Å²) in [5.41, 5.74) is 0. The fourth-order valence-corrected chi connectivity index (χ4v) is 0.563. The third kappa shape index (κ3) is 7.77. The minimum atomic E-state index is -4.17. The van der Waals surface area contributed by atoms with Crippen LogP contribution in [-0.4, -0.2) is 42.2 Å². The predicted octanol–water partition coefficient (Wildman–Crippen LogP) is -0.118. The highest BCUT2D eigenvalue weighted by molar-refractivity contribution is 4.59. The molecule has 0 saturated heterocycles. The number of rotatable bonds is 5. The Bertz CT molecular complexity index is 118. The molecule has 0 aromatic carbocycles. The van der Waals surface area contributed by atoms with Crippen molar-refractivity contribution in [3.8, 4) is 0 Å². The second-order valence-corrected chi connectivity index (χ2v) is 2.41. The summed E-state index contributed by atoms with van der Waals surface area (Å²) in [5, 5.41) is 19.3. The molecule has 3 nitrogen and oxygen atoms in total. The number of hydrogen-bond acceptors (Lipinski definition) is 3. The Hall–Kier alpha value is -0.330. The topological polar surface area (TPSA) is 52.5 Å². The highest BCUT2D eigenvalue weighted by Gasteiger charge is 2.25. The van der Waals surface area contributed by atoms with E-state index in [2.05, 4.69) is 5.32 Å². The summed E-state index contributed by atoms with van der Waals surface area (Å²) < 4.78 is 34.5. The highest BCUT2D eigenvalue weighted by Crippen LogP contribution is 2.17. The maximum Gasteiger partial charge on any atom is 0.390 e. The van der Waals surface area contributed by atoms with Crippen molar-refractivity contribution in [1.29, 1.82) is 0 Å². The standard InChI is InChI=1S/C6H12F3NO2/c7-6(8,9)1-2-10-3-5(12)4-11/h5,10-12H,1-4H2/t5-/m0/s1. The molecule has 0 aromatic rings. The summed E-state index contributed by atoms with van der Waals surface area (Å²) in [7, 11) is 0. The van der Waals surface area contributed by atoms with Crippen molar-refractivity contribution in [1.82, 2.24) is 5.32 Å². The van der Waals surface area contributed by atoms with Gasteiger partial charge in [-0.25, -0.2) is 0 Å². The SMILES string of the molecule is OC[C@@H](O)CNCCC(F)(F)F. The molecule has 12 heavy (non-hydrogen) atoms. The lowest BCUT2D eigenvalue weighted by Crippen LogP contribution is -2.31. The number of aliphatic hydroxyl groups is 2. The molecule has 3 N–H and O–H groups in total. The van der Waals surface area contributed by atoms with Crippen LogP contribution in [0.5, 0.6) is 0 Å². The zero-order valence-corrected chi connectivity index (χ0v) is 6.43. The van der Waals surface area contributed by atoms with Crippen molar-refractivity contribution >= 4 is 0 Å². The van der Waals surface area contributed by atoms with Gasteiger partial charge in [0, 0.05) is 13.1 Å². The second kappa shape index (κ2) is 5.34. The first-order valence-corrected chi connectivity index (χ1v) is 3.52. The van der Waals surface area contributed by atoms with Crippen molar-refractivity contribution in [3.63, 3.8) is 0 Å². The van der Waals surface area contributed by atoms with Gasteiger partial charge in [0.25, 0.3) is 0 Å². The molecule has 1 atom stereocenters. The van der Waals surface area contributed by atoms with Crippen LogP contribution in [0, 0.1) is 0 Å². The zero-order valence-electron chi connectivity index (χ0n) is 6.43. The molecule has 0 aliphatic rings. The summed E-state index contributed by atoms with van der Waals surface area (Å²) in [5.74, 6) is 0. The van der Waals surface area contributed by atoms with Gasteiger partial charge in [0.05, 0.1) is 19.1 Å². The normalized spacial score (nSPS) is 14.8. The van der Waals surface area contributed by atoms with Gasteiger partial charge in [0.2, 0.25) is 0 Å². The van der Waals surface area contributed by atoms with Crippen LogP contribution in [0.25, 0.3) is 0 Å². The number of hydrogen-bond donors (Lipinski definition) is 3. The van der Waals surface area contributed by atoms with Gasteiger partial charge in [-0.15, -0.1) is 0 Å². The first kappa shape index (κ1) is 11.7. The van der Waals surface area contributed by atoms with Crippen molar-refractivity contribution in [2.24, 2.45) is 0 Å². The lowest BCUT2D eigenvalue weighted by Gasteiger charge is -2.09. The van der Waals surface area contributed by atoms with Crippen LogP contribution in [0.1, 0.15) is 6.42 Å². The lowest BCUT2D eigenvalue weighted by molar-refractivity contribution is -0.133. The average Bonchev–Trinajstić information content (AvgIpc) is 1.96. The summed E-state index contributed by atoms with van der Waals surface area (Å²) in [4.78, 5) is 0. The van der Waals surface area contributed by atoms with Gasteiger partial charge < -0.3 is 15.5 Å². The van der Waals surface area contributed by atoms with Gasteiger partial charge >= 0.3 is 6.18 Å². The highest BCUT2D eigenvalue weighted by atomic mass is 19.4. The third-order valence-corrected chi connectivity index (χ3v) is 1.18. The minimum Gasteiger partial charge on any atom is -0.394 e. The van der Waals surface area contributed by atoms with Crippen molar-refractivity contribution in [2.75, 3.05) is 19.7 Å². The Morgan fingerprint density at radius 2 is 1.92 bits per heavy atom. The van der Waals surface area contributed by atoms with Crippen LogP contribution in [-0.2, 0) is 0 Å². The molecule has 0 heterocycles. The molecule has 0 saturated carbocycles. The van der Waals surface area contributed by atoms with E-state index in [1.165, 1.54) is 0 Å². The average molecular weight is 187 g/mol. The largest absolute Gasteiger partial charge is 0.394 e. The Balaban J connectivity index is 3.22. The number of aliphatic hydroxyl groups excluding tert-OH is 2. The van der Waals surface area contributed by atoms with Gasteiger partial charge in [-0.1, -0.05) is 0 Å². The molecule has 0 aromatic heterocycles. The van der Waals surface area contributed by atoms with E-state index in [0.717, 1.165) is 0 Å². The molecule has 0 amide bonds. The van der Waals surface area contributed by atoms with E-state index in [9.17, 15) is 13.2 Å². The van der Waals surface area contributed by atoms with Crippen molar-refractivity contribution in [2.45, 2.75) is 18.7 Å². The molecule has 0 aliphatic heterocycles. The number of nitrogens with one attached hydrogen (secondary N) is 1. The van der Waals surface area contributed by atoms with Crippen LogP contribution in [0.4, 0.5) is 13.2 Å². The molecular weight excluding hydrogens is 175 g/mol. The Morgan fingerprint density at radius 3 is 2.33 bits per heavy atom. The molecule has 0 radical (unpaired) electrons. The molecule has 0 rings (SSSR count). The number of alkyl halides is 3. The van der Waals surface area contributed by atoms with Gasteiger partial charge in [0.1, 0.15) is 0 Å². The van der Waals surface area contributed by atoms with E-state index in [-0.39, 0.29) is 13.1 Å². The quantitative estimate of drug-likeness (QED) is 0.526. The molecule has 0 unspecified atom stereocenters. The van der Waals surface area contributed by atoms with Crippen LogP contribution >= 0.6 is 0 Å². The van der Waals surface area contributed by atoms with E-state index in [4.69, 9.17) is 10.2 Å². The molecular formula is C6H12F3NO2. The van der Waals surface area contributed by atoms with E-state index < -0.39 is 25.3 Å². The van der Waals surface area contributed by atoms with Gasteiger partial charge in [-0.3, -0.25) is 0 Å². The van der Waals surface area contributed by atoms with Gasteiger partial charge in [0.15, 0.2) is 0 Å². The first-order chi connectivity index (χ1) is 5.45. The Labute approximate surface area is 68.2 Å². The summed E-state index contributed by atoms with van der Waals surface area (Å²) in [6.45, 7) is -0.702. The van der Waals surface area contributed by atoms with Crippen LogP contribution in [0.3, 0.4) is 0 Å². The van der Waals surface area contributed by atoms with Gasteiger partial charge in [-0.2, -0.15) is 13.2 Å². The van der Waals surface area contributed by atoms with E-state index in [1.807, 2.05) is 0 Å². The van der Waals surface area contributed by atoms with Crippen LogP contribution in [0.15, 0.2) is 0 Å². The molecule has 0 fully saturated rings. The third-order valence-electron chi connectivity index (χ3n) is 1.18. The van der Waals surface area contributed by atoms with Crippen molar-refractivity contribution < 1.29 is 23.4 Å². The molecule has 6 heteroatoms. The van der Waals surface area contributed by atoms with E-state index in [1.54, 1.807) is 0 Å². The van der Waals surface area contributed by atoms with Crippen LogP contribution < -0.4 is 5.32 Å². The monoisotopic (exact) mass is 187 g/mol. The molecule has 0 spiro atoms. The second-order valence-electron chi connectivity index (χ2n) is 2.41. The lowest BCUT2D eigenvalue weighted by atomic mass is 10.3. The molecule has 0 aliphatic carbocycles. The fourth-order valence-electron chi connectivity index (χ4n) is 0.563. The maximum absolute atomic E-state index is 11.5. The maximum atomic E-state index is 11.5. The molecule has 0 bridgehead atoms. The fraction of sp³-hybridized carbons (Fsp3) is 1.00. The van der Waals surface area contributed by atoms with Gasteiger partial charge in [-0.05, 0) is 0 Å². The smallest absolute Gasteiger partial charge is 0.390 e. The molecule has 74 valence electrons. The number of halogens is 3. The minimum absolute atomic E-state index is 0.0212. The van der Waals surface area contributed by atoms with E-state index in [0.29, 0.717) is 0 Å². The summed E-state index contributed by atoms with van der Waals surface area (Å²) >= 11 is 0. The summed E-state index contributed by atoms with van der Waals surface area (Å²) in [6.07, 6.45) is -6.08. The zero-order chi connectivity index (χ0) is 9.61. The first-order valence-electron chi connectivity index (χ1n) is 3.52. The van der Waals surface area contributed by atoms with E-state index >= 15 is 0 Å². The summed E-state index contributed by atoms with van der Waals surface area (Å²) in [6, 6.07) is 0. The van der Waals surface area contributed by atoms with Crippen molar-refractivity contribution in [3.05, 3.63) is 0 Å².